The van der Waals surface area contributed by atoms with Crippen molar-refractivity contribution in [1.82, 2.24) is 5.32 Å². The smallest absolute Gasteiger partial charge is 0.315 e. The van der Waals surface area contributed by atoms with Gasteiger partial charge in [-0.2, -0.15) is 0 Å². The van der Waals surface area contributed by atoms with Gasteiger partial charge in [0.1, 0.15) is 5.92 Å². The molecule has 0 aliphatic carbocycles. The lowest BCUT2D eigenvalue weighted by Gasteiger charge is -2.33. The minimum absolute atomic E-state index is 0.0320. The van der Waals surface area contributed by atoms with E-state index in [9.17, 15) is 9.59 Å². The number of nitrogens with one attached hydrogen (secondary N) is 1. The van der Waals surface area contributed by atoms with Crippen LogP contribution in [0, 0.1) is 5.92 Å². The van der Waals surface area contributed by atoms with Crippen molar-refractivity contribution in [3.63, 3.8) is 0 Å². The lowest BCUT2D eigenvalue weighted by Crippen LogP contribution is -2.42. The van der Waals surface area contributed by atoms with Gasteiger partial charge < -0.3 is 19.5 Å². The van der Waals surface area contributed by atoms with Crippen LogP contribution in [0.1, 0.15) is 34.9 Å². The molecule has 1 N–H and O–H groups in total. The summed E-state index contributed by atoms with van der Waals surface area (Å²) in [5.74, 6) is -2.15. The molecule has 1 amide bonds. The van der Waals surface area contributed by atoms with Crippen molar-refractivity contribution in [2.75, 3.05) is 46.5 Å². The van der Waals surface area contributed by atoms with Crippen molar-refractivity contribution < 1.29 is 23.8 Å². The van der Waals surface area contributed by atoms with Gasteiger partial charge in [0.15, 0.2) is 0 Å². The number of aliphatic imine (C=N–C) groups is 1. The third-order valence-electron chi connectivity index (χ3n) is 7.38. The maximum absolute atomic E-state index is 14.1. The zero-order valence-electron chi connectivity index (χ0n) is 24.3. The van der Waals surface area contributed by atoms with Crippen molar-refractivity contribution in [3.8, 4) is 0 Å². The van der Waals surface area contributed by atoms with E-state index in [1.165, 1.54) is 14.2 Å². The maximum Gasteiger partial charge on any atom is 0.315 e. The molecule has 0 radical (unpaired) electrons. The molecule has 4 rings (SSSR count). The highest BCUT2D eigenvalue weighted by molar-refractivity contribution is 6.30. The van der Waals surface area contributed by atoms with Gasteiger partial charge in [0.2, 0.25) is 5.91 Å². The number of nitrogens with zero attached hydrogens (tertiary/aromatic N) is 1. The van der Waals surface area contributed by atoms with E-state index in [1.807, 2.05) is 42.5 Å². The molecule has 7 nitrogen and oxygen atoms in total. The molecule has 1 aliphatic rings. The highest BCUT2D eigenvalue weighted by Gasteiger charge is 2.43. The Balaban J connectivity index is 1.71. The Bertz CT molecular complexity index is 1390. The van der Waals surface area contributed by atoms with Crippen molar-refractivity contribution in [2.24, 2.45) is 10.9 Å². The zero-order chi connectivity index (χ0) is 30.6. The van der Waals surface area contributed by atoms with Crippen molar-refractivity contribution in [3.05, 3.63) is 118 Å². The number of carbonyl (C=O) groups is 2. The average molecular weight is 624 g/mol. The normalized spacial score (nSPS) is 16.6. The standard InChI is InChI=1S/C34H36Cl2N2O5/c1-41-21-28-32(34(40)42-2)30(25-14-9-15-26(36)20-25)31(29(38-28)22-43-19-17-35)33(39)37-18-16-27(23-10-5-3-6-11-23)24-12-7-4-8-13-24/h3-15,20,27,30,32H,16-19,21-22H2,1-2H3,(H,37,39). The van der Waals surface area contributed by atoms with E-state index >= 15 is 0 Å². The Morgan fingerprint density at radius 2 is 1.60 bits per heavy atom. The maximum atomic E-state index is 14.1. The Hall–Kier alpha value is -3.49. The number of halogens is 2. The largest absolute Gasteiger partial charge is 0.468 e. The second-order valence-electron chi connectivity index (χ2n) is 10.1. The van der Waals surface area contributed by atoms with E-state index in [0.717, 1.165) is 11.1 Å². The molecule has 0 saturated heterocycles. The lowest BCUT2D eigenvalue weighted by atomic mass is 9.75. The summed E-state index contributed by atoms with van der Waals surface area (Å²) < 4.78 is 16.4. The van der Waals surface area contributed by atoms with E-state index in [1.54, 1.807) is 18.2 Å². The first-order chi connectivity index (χ1) is 21.0. The molecular weight excluding hydrogens is 587 g/mol. The van der Waals surface area contributed by atoms with Crippen LogP contribution in [0.25, 0.3) is 0 Å². The van der Waals surface area contributed by atoms with Crippen LogP contribution in [0.5, 0.6) is 0 Å². The van der Waals surface area contributed by atoms with Crippen LogP contribution >= 0.6 is 23.2 Å². The van der Waals surface area contributed by atoms with E-state index in [0.29, 0.717) is 40.5 Å². The molecule has 1 aliphatic heterocycles. The Kier molecular flexibility index (Phi) is 12.4. The van der Waals surface area contributed by atoms with Gasteiger partial charge in [-0.15, -0.1) is 11.6 Å². The third-order valence-corrected chi connectivity index (χ3v) is 7.76. The fourth-order valence-electron chi connectivity index (χ4n) is 5.50. The second kappa shape index (κ2) is 16.4. The monoisotopic (exact) mass is 622 g/mol. The predicted molar refractivity (Wildman–Crippen MR) is 170 cm³/mol. The fourth-order valence-corrected chi connectivity index (χ4v) is 5.81. The van der Waals surface area contributed by atoms with Gasteiger partial charge >= 0.3 is 5.97 Å². The Morgan fingerprint density at radius 3 is 2.19 bits per heavy atom. The molecule has 0 saturated carbocycles. The number of amides is 1. The highest BCUT2D eigenvalue weighted by atomic mass is 35.5. The number of ether oxygens (including phenoxy) is 3. The highest BCUT2D eigenvalue weighted by Crippen LogP contribution is 2.41. The van der Waals surface area contributed by atoms with Gasteiger partial charge in [0.25, 0.3) is 0 Å². The molecule has 0 bridgehead atoms. The quantitative estimate of drug-likeness (QED) is 0.132. The second-order valence-corrected chi connectivity index (χ2v) is 10.9. The Labute approximate surface area is 262 Å². The molecule has 9 heteroatoms. The Morgan fingerprint density at radius 1 is 0.930 bits per heavy atom. The first kappa shape index (κ1) is 32.4. The van der Waals surface area contributed by atoms with Gasteiger partial charge in [-0.3, -0.25) is 14.6 Å². The number of methoxy groups -OCH3 is 2. The minimum atomic E-state index is -0.901. The number of rotatable bonds is 14. The molecule has 2 atom stereocenters. The topological polar surface area (TPSA) is 86.2 Å². The van der Waals surface area contributed by atoms with Gasteiger partial charge in [-0.25, -0.2) is 0 Å². The number of hydrogen-bond acceptors (Lipinski definition) is 6. The summed E-state index contributed by atoms with van der Waals surface area (Å²) in [7, 11) is 2.84. The molecule has 1 heterocycles. The van der Waals surface area contributed by atoms with Crippen LogP contribution in [-0.2, 0) is 23.8 Å². The molecule has 0 aromatic heterocycles. The molecular formula is C34H36Cl2N2O5. The number of esters is 1. The van der Waals surface area contributed by atoms with Crippen LogP contribution in [0.4, 0.5) is 0 Å². The van der Waals surface area contributed by atoms with E-state index in [-0.39, 0.29) is 37.5 Å². The summed E-state index contributed by atoms with van der Waals surface area (Å²) >= 11 is 12.3. The van der Waals surface area contributed by atoms with E-state index in [4.69, 9.17) is 42.4 Å². The van der Waals surface area contributed by atoms with E-state index in [2.05, 4.69) is 29.6 Å². The van der Waals surface area contributed by atoms with Gasteiger partial charge in [-0.1, -0.05) is 84.4 Å². The number of hydrogen-bond donors (Lipinski definition) is 1. The molecule has 0 spiro atoms. The lowest BCUT2D eigenvalue weighted by molar-refractivity contribution is -0.143. The van der Waals surface area contributed by atoms with Crippen molar-refractivity contribution in [1.29, 1.82) is 0 Å². The predicted octanol–water partition coefficient (Wildman–Crippen LogP) is 6.16. The van der Waals surface area contributed by atoms with Crippen LogP contribution in [0.3, 0.4) is 0 Å². The molecule has 3 aromatic carbocycles. The SMILES string of the molecule is COCC1=NC(COCCCl)=C(C(=O)NCCC(c2ccccc2)c2ccccc2)C(c2cccc(Cl)c2)C1C(=O)OC. The van der Waals surface area contributed by atoms with Crippen molar-refractivity contribution in [2.45, 2.75) is 18.3 Å². The zero-order valence-corrected chi connectivity index (χ0v) is 25.8. The number of alkyl halides is 1. The third kappa shape index (κ3) is 8.33. The molecule has 43 heavy (non-hydrogen) atoms. The van der Waals surface area contributed by atoms with Crippen LogP contribution in [0.15, 0.2) is 101 Å². The van der Waals surface area contributed by atoms with Crippen molar-refractivity contribution >= 4 is 40.8 Å². The van der Waals surface area contributed by atoms with Gasteiger partial charge in [0.05, 0.1) is 38.3 Å². The average Bonchev–Trinajstić information content (AvgIpc) is 3.03. The summed E-state index contributed by atoms with van der Waals surface area (Å²) in [5, 5.41) is 3.59. The first-order valence-electron chi connectivity index (χ1n) is 14.1. The van der Waals surface area contributed by atoms with Crippen LogP contribution in [-0.4, -0.2) is 64.1 Å². The summed E-state index contributed by atoms with van der Waals surface area (Å²) in [5.41, 5.74) is 4.16. The molecule has 0 fully saturated rings. The van der Waals surface area contributed by atoms with Gasteiger partial charge in [-0.05, 0) is 35.2 Å². The summed E-state index contributed by atoms with van der Waals surface area (Å²) in [6, 6.07) is 27.5. The fraction of sp³-hybridized carbons (Fsp3) is 0.324. The number of carbonyl (C=O) groups excluding carboxylic acids is 2. The molecule has 226 valence electrons. The minimum Gasteiger partial charge on any atom is -0.468 e. The van der Waals surface area contributed by atoms with Crippen LogP contribution in [0.2, 0.25) is 5.02 Å². The van der Waals surface area contributed by atoms with E-state index < -0.39 is 17.8 Å². The first-order valence-corrected chi connectivity index (χ1v) is 15.0. The summed E-state index contributed by atoms with van der Waals surface area (Å²) in [4.78, 5) is 32.2. The number of benzene rings is 3. The summed E-state index contributed by atoms with van der Waals surface area (Å²) in [6.07, 6.45) is 0.658. The van der Waals surface area contributed by atoms with Gasteiger partial charge in [0, 0.05) is 42.0 Å². The molecule has 2 unspecified atom stereocenters. The van der Waals surface area contributed by atoms with Crippen LogP contribution < -0.4 is 5.32 Å². The molecule has 3 aromatic rings. The summed E-state index contributed by atoms with van der Waals surface area (Å²) in [6.45, 7) is 0.754.